The highest BCUT2D eigenvalue weighted by Gasteiger charge is 2.30. The molecule has 4 aromatic carbocycles. The van der Waals surface area contributed by atoms with Gasteiger partial charge in [0.2, 0.25) is 17.7 Å². The number of fused-ring (bicyclic) bond motifs is 3. The van der Waals surface area contributed by atoms with E-state index in [1.54, 1.807) is 31.2 Å². The number of carboxylic acid groups (broad SMARTS) is 2. The van der Waals surface area contributed by atoms with E-state index in [1.807, 2.05) is 68.4 Å². The Bertz CT molecular complexity index is 2610. The molecule has 4 amide bonds. The van der Waals surface area contributed by atoms with Crippen LogP contribution in [0.4, 0.5) is 10.5 Å². The highest BCUT2D eigenvalue weighted by atomic mass is 16.6. The van der Waals surface area contributed by atoms with Crippen LogP contribution in [0.25, 0.3) is 11.1 Å². The van der Waals surface area contributed by atoms with Crippen molar-refractivity contribution < 1.29 is 72.3 Å². The average molecular weight is 1190 g/mol. The first kappa shape index (κ1) is 71.6. The lowest BCUT2D eigenvalue weighted by molar-refractivity contribution is -0.385. The van der Waals surface area contributed by atoms with Crippen LogP contribution in [-0.4, -0.2) is 136 Å². The van der Waals surface area contributed by atoms with Gasteiger partial charge in [-0.15, -0.1) is 0 Å². The normalized spacial score (nSPS) is 12.3. The van der Waals surface area contributed by atoms with E-state index in [0.29, 0.717) is 65.6 Å². The zero-order valence-corrected chi connectivity index (χ0v) is 50.2. The third-order valence-corrected chi connectivity index (χ3v) is 13.5. The summed E-state index contributed by atoms with van der Waals surface area (Å²) in [4.78, 5) is 81.9. The minimum absolute atomic E-state index is 0.0266. The number of nitrogens with two attached hydrogens (primary N) is 1. The molecule has 0 saturated carbocycles. The number of hydrogen-bond donors (Lipinski definition) is 7. The largest absolute Gasteiger partial charge is 0.493 e. The van der Waals surface area contributed by atoms with Crippen LogP contribution >= 0.6 is 0 Å². The fourth-order valence-corrected chi connectivity index (χ4v) is 8.70. The lowest BCUT2D eigenvalue weighted by Crippen LogP contribution is -2.44. The summed E-state index contributed by atoms with van der Waals surface area (Å²) in [5, 5.41) is 40.6. The summed E-state index contributed by atoms with van der Waals surface area (Å²) in [5.41, 5.74) is 10.9. The summed E-state index contributed by atoms with van der Waals surface area (Å²) in [7, 11) is 1.39. The van der Waals surface area contributed by atoms with Crippen molar-refractivity contribution in [1.82, 2.24) is 21.3 Å². The third kappa shape index (κ3) is 27.7. The topological polar surface area (TPSA) is 316 Å². The van der Waals surface area contributed by atoms with Crippen molar-refractivity contribution >= 4 is 41.4 Å². The summed E-state index contributed by atoms with van der Waals surface area (Å²) in [6, 6.07) is 25.3. The number of amides is 4. The van der Waals surface area contributed by atoms with Gasteiger partial charge in [0.25, 0.3) is 5.69 Å². The van der Waals surface area contributed by atoms with Crippen molar-refractivity contribution in [3.63, 3.8) is 0 Å². The number of methoxy groups -OCH3 is 1. The van der Waals surface area contributed by atoms with Crippen LogP contribution in [0.15, 0.2) is 91.0 Å². The molecule has 0 aromatic heterocycles. The van der Waals surface area contributed by atoms with E-state index in [-0.39, 0.29) is 91.7 Å². The van der Waals surface area contributed by atoms with Crippen molar-refractivity contribution in [3.05, 3.63) is 123 Å². The Morgan fingerprint density at radius 1 is 0.647 bits per heavy atom. The fourth-order valence-electron chi connectivity index (χ4n) is 8.70. The van der Waals surface area contributed by atoms with E-state index in [2.05, 4.69) is 35.1 Å². The van der Waals surface area contributed by atoms with Crippen molar-refractivity contribution in [2.75, 3.05) is 73.1 Å². The van der Waals surface area contributed by atoms with Crippen LogP contribution in [0.1, 0.15) is 139 Å². The number of nitrogens with zero attached hydrogens (tertiary/aromatic N) is 1. The number of unbranched alkanes of at least 4 members (excludes halogenated alkanes) is 4. The highest BCUT2D eigenvalue weighted by molar-refractivity contribution is 5.87. The molecule has 22 nitrogen and oxygen atoms in total. The van der Waals surface area contributed by atoms with Crippen LogP contribution < -0.4 is 36.5 Å². The molecule has 0 fully saturated rings. The number of carbonyl (C=O) groups is 6. The quantitative estimate of drug-likeness (QED) is 0.0125. The molecule has 1 aliphatic rings. The first-order valence-corrected chi connectivity index (χ1v) is 29.3. The molecule has 0 saturated heterocycles. The summed E-state index contributed by atoms with van der Waals surface area (Å²) in [6.45, 7) is 13.7. The summed E-state index contributed by atoms with van der Waals surface area (Å²) < 4.78 is 32.8. The Morgan fingerprint density at radius 3 is 1.74 bits per heavy atom. The maximum atomic E-state index is 12.7. The standard InChI is InChI=1S/C28H46N4O8.C28H28N2O8.C7H16/c1-21(2)26(29)27(35)31-13-7-15-39-17-19-40-18-16-38-14-6-12-30-24(33)10-11-25(34)32-23(28(36)37)20-22-8-4-3-5-9-22;1-17(22-14-25(36-2)26(15-24(22)30(34)35)37-13-7-12-27(31)32)29-28(33)38-16-23-20-10-5-3-8-18(20)19-9-4-6-11-21(19)23;1-3-5-7-6-4-2/h3-5,8-9,21,23,26H,6-7,10-20,29H2,1-2H3,(H,30,33)(H,31,35)(H,32,34)(H,36,37);3-6,8-11,14-15,17,23H,7,12-13,16H2,1-2H3,(H,29,33)(H,31,32);3-7H2,1-2H3. The maximum absolute atomic E-state index is 12.7. The van der Waals surface area contributed by atoms with Crippen LogP contribution in [-0.2, 0) is 49.3 Å². The Labute approximate surface area is 499 Å². The molecule has 1 aliphatic carbocycles. The Morgan fingerprint density at radius 2 is 1.20 bits per heavy atom. The van der Waals surface area contributed by atoms with Gasteiger partial charge in [-0.1, -0.05) is 139 Å². The van der Waals surface area contributed by atoms with E-state index in [1.165, 1.54) is 51.3 Å². The van der Waals surface area contributed by atoms with Gasteiger partial charge in [-0.2, -0.15) is 0 Å². The molecule has 0 spiro atoms. The van der Waals surface area contributed by atoms with Crippen molar-refractivity contribution in [2.45, 2.75) is 136 Å². The van der Waals surface area contributed by atoms with Crippen molar-refractivity contribution in [1.29, 1.82) is 0 Å². The maximum Gasteiger partial charge on any atom is 0.407 e. The second kappa shape index (κ2) is 41.4. The fraction of sp³-hybridized carbons (Fsp3) is 0.524. The lowest BCUT2D eigenvalue weighted by Gasteiger charge is -2.19. The van der Waals surface area contributed by atoms with E-state index >= 15 is 0 Å². The first-order chi connectivity index (χ1) is 40.9. The molecule has 0 radical (unpaired) electrons. The molecule has 0 heterocycles. The van der Waals surface area contributed by atoms with Crippen molar-refractivity contribution in [3.8, 4) is 22.6 Å². The molecule has 8 N–H and O–H groups in total. The predicted octanol–water partition coefficient (Wildman–Crippen LogP) is 9.05. The smallest absolute Gasteiger partial charge is 0.407 e. The number of rotatable bonds is 38. The monoisotopic (exact) mass is 1190 g/mol. The van der Waals surface area contributed by atoms with E-state index < -0.39 is 47.0 Å². The van der Waals surface area contributed by atoms with Gasteiger partial charge in [0, 0.05) is 57.9 Å². The molecule has 3 unspecified atom stereocenters. The van der Waals surface area contributed by atoms with Gasteiger partial charge in [0.15, 0.2) is 11.5 Å². The van der Waals surface area contributed by atoms with Gasteiger partial charge < -0.3 is 65.6 Å². The van der Waals surface area contributed by atoms with Crippen molar-refractivity contribution in [2.24, 2.45) is 11.7 Å². The van der Waals surface area contributed by atoms with Crippen LogP contribution in [0.3, 0.4) is 0 Å². The molecule has 4 aromatic rings. The number of carbonyl (C=O) groups excluding carboxylic acids is 4. The number of nitrogens with one attached hydrogen (secondary N) is 4. The molecular formula is C63H90N6O16. The minimum Gasteiger partial charge on any atom is -0.493 e. The Balaban J connectivity index is 0.000000400. The van der Waals surface area contributed by atoms with Crippen LogP contribution in [0.5, 0.6) is 11.5 Å². The number of carboxylic acids is 2. The third-order valence-electron chi connectivity index (χ3n) is 13.5. The summed E-state index contributed by atoms with van der Waals surface area (Å²) >= 11 is 0. The van der Waals surface area contributed by atoms with E-state index in [0.717, 1.165) is 27.8 Å². The molecule has 22 heteroatoms. The van der Waals surface area contributed by atoms with Gasteiger partial charge >= 0.3 is 18.0 Å². The van der Waals surface area contributed by atoms with E-state index in [9.17, 15) is 44.0 Å². The number of benzene rings is 4. The Hall–Kier alpha value is -7.66. The molecule has 3 atom stereocenters. The van der Waals surface area contributed by atoms with Gasteiger partial charge in [0.05, 0.1) is 68.8 Å². The second-order valence-corrected chi connectivity index (χ2v) is 20.5. The summed E-state index contributed by atoms with van der Waals surface area (Å²) in [5.74, 6) is -2.68. The van der Waals surface area contributed by atoms with E-state index in [4.69, 9.17) is 39.3 Å². The number of hydrogen-bond acceptors (Lipinski definition) is 15. The molecule has 5 rings (SSSR count). The van der Waals surface area contributed by atoms with Gasteiger partial charge in [0.1, 0.15) is 12.6 Å². The van der Waals surface area contributed by atoms with Gasteiger partial charge in [-0.25, -0.2) is 9.59 Å². The minimum atomic E-state index is -1.12. The van der Waals surface area contributed by atoms with Crippen LogP contribution in [0.2, 0.25) is 0 Å². The molecule has 468 valence electrons. The zero-order chi connectivity index (χ0) is 62.4. The number of alkyl carbamates (subject to hydrolysis) is 1. The highest BCUT2D eigenvalue weighted by Crippen LogP contribution is 2.44. The predicted molar refractivity (Wildman–Crippen MR) is 323 cm³/mol. The molecule has 0 aliphatic heterocycles. The summed E-state index contributed by atoms with van der Waals surface area (Å²) in [6.07, 6.45) is 7.80. The second-order valence-electron chi connectivity index (χ2n) is 20.5. The molecule has 85 heavy (non-hydrogen) atoms. The lowest BCUT2D eigenvalue weighted by atomic mass is 9.98. The molecule has 0 bridgehead atoms. The number of nitro groups is 1. The van der Waals surface area contributed by atoms with Gasteiger partial charge in [-0.05, 0) is 66.0 Å². The van der Waals surface area contributed by atoms with Gasteiger partial charge in [-0.3, -0.25) is 29.3 Å². The average Bonchev–Trinajstić information content (AvgIpc) is 2.01. The first-order valence-electron chi connectivity index (χ1n) is 29.3. The van der Waals surface area contributed by atoms with Crippen LogP contribution in [0, 0.1) is 16.0 Å². The SMILES string of the molecule is CC(C)C(N)C(=O)NCCCOCCOCCOCCCNC(=O)CCC(=O)NC(Cc1ccccc1)C(=O)O.CCCCCCC.COc1cc(C(C)NC(=O)OCC2c3ccccc3-c3ccccc32)c([N+](=O)[O-])cc1OCCCC(=O)O. The zero-order valence-electron chi connectivity index (χ0n) is 50.2. The number of aliphatic carboxylic acids is 2. The number of ether oxygens (including phenoxy) is 6. The number of nitro benzene ring substituents is 1. The Kier molecular flexibility index (Phi) is 34.9. The molecular weight excluding hydrogens is 1100 g/mol.